The first-order valence-electron chi connectivity index (χ1n) is 3.33. The molecule has 0 bridgehead atoms. The van der Waals surface area contributed by atoms with E-state index in [-0.39, 0.29) is 5.91 Å². The number of rotatable bonds is 2. The minimum Gasteiger partial charge on any atom is -0.382 e. The van der Waals surface area contributed by atoms with Gasteiger partial charge in [-0.3, -0.25) is 9.89 Å². The van der Waals surface area contributed by atoms with E-state index in [2.05, 4.69) is 15.5 Å². The highest BCUT2D eigenvalue weighted by molar-refractivity contribution is 5.92. The van der Waals surface area contributed by atoms with E-state index < -0.39 is 0 Å². The molecule has 0 fully saturated rings. The summed E-state index contributed by atoms with van der Waals surface area (Å²) in [7, 11) is 0. The second-order valence-electron chi connectivity index (χ2n) is 2.07. The van der Waals surface area contributed by atoms with E-state index >= 15 is 0 Å². The lowest BCUT2D eigenvalue weighted by atomic mass is 10.4. The van der Waals surface area contributed by atoms with E-state index in [4.69, 9.17) is 5.73 Å². The number of nitrogens with zero attached hydrogens (tertiary/aromatic N) is 1. The number of carbonyl (C=O) groups excluding carboxylic acids is 1. The molecule has 1 aromatic heterocycles. The van der Waals surface area contributed by atoms with Crippen LogP contribution in [0.4, 0.5) is 5.82 Å². The fourth-order valence-corrected chi connectivity index (χ4v) is 0.709. The van der Waals surface area contributed by atoms with Crippen molar-refractivity contribution in [1.29, 1.82) is 0 Å². The van der Waals surface area contributed by atoms with Gasteiger partial charge in [0.15, 0.2) is 0 Å². The number of nitrogens with one attached hydrogen (secondary N) is 2. The monoisotopic (exact) mass is 154 g/mol. The molecule has 0 radical (unpaired) electrons. The molecule has 1 aromatic rings. The third-order valence-electron chi connectivity index (χ3n) is 1.18. The number of aromatic amines is 1. The third-order valence-corrected chi connectivity index (χ3v) is 1.18. The molecule has 0 saturated heterocycles. The maximum absolute atomic E-state index is 11.0. The molecule has 1 amide bonds. The van der Waals surface area contributed by atoms with Crippen molar-refractivity contribution >= 4 is 11.7 Å². The molecule has 5 heteroatoms. The Hall–Kier alpha value is -1.52. The third kappa shape index (κ3) is 1.70. The molecule has 0 saturated carbocycles. The first-order chi connectivity index (χ1) is 5.24. The van der Waals surface area contributed by atoms with Crippen LogP contribution in [-0.2, 0) is 0 Å². The zero-order valence-corrected chi connectivity index (χ0v) is 6.22. The lowest BCUT2D eigenvalue weighted by Gasteiger charge is -1.95. The number of nitrogen functional groups attached to an aromatic ring is 1. The number of carbonyl (C=O) groups is 1. The normalized spacial score (nSPS) is 9.55. The van der Waals surface area contributed by atoms with Crippen molar-refractivity contribution < 1.29 is 4.79 Å². The van der Waals surface area contributed by atoms with Crippen LogP contribution >= 0.6 is 0 Å². The molecule has 1 heterocycles. The molecular formula is C6H10N4O. The highest BCUT2D eigenvalue weighted by Crippen LogP contribution is 1.98. The van der Waals surface area contributed by atoms with Gasteiger partial charge in [-0.15, -0.1) is 0 Å². The Morgan fingerprint density at radius 1 is 1.91 bits per heavy atom. The van der Waals surface area contributed by atoms with Crippen LogP contribution in [0, 0.1) is 0 Å². The largest absolute Gasteiger partial charge is 0.382 e. The Morgan fingerprint density at radius 2 is 2.64 bits per heavy atom. The number of H-pyrrole nitrogens is 1. The van der Waals surface area contributed by atoms with Crippen LogP contribution < -0.4 is 11.1 Å². The highest BCUT2D eigenvalue weighted by Gasteiger charge is 2.05. The molecule has 0 aliphatic carbocycles. The van der Waals surface area contributed by atoms with Crippen LogP contribution in [0.25, 0.3) is 0 Å². The van der Waals surface area contributed by atoms with Crippen LogP contribution in [0.2, 0.25) is 0 Å². The molecule has 0 aromatic carbocycles. The van der Waals surface area contributed by atoms with Crippen molar-refractivity contribution in [2.75, 3.05) is 12.3 Å². The van der Waals surface area contributed by atoms with E-state index in [1.165, 1.54) is 6.07 Å². The van der Waals surface area contributed by atoms with Gasteiger partial charge in [0.2, 0.25) is 0 Å². The fraction of sp³-hybridized carbons (Fsp3) is 0.333. The second-order valence-corrected chi connectivity index (χ2v) is 2.07. The zero-order chi connectivity index (χ0) is 8.27. The summed E-state index contributed by atoms with van der Waals surface area (Å²) in [5.74, 6) is 0.142. The van der Waals surface area contributed by atoms with E-state index in [0.717, 1.165) is 0 Å². The van der Waals surface area contributed by atoms with Gasteiger partial charge < -0.3 is 11.1 Å². The minimum absolute atomic E-state index is 0.184. The van der Waals surface area contributed by atoms with Gasteiger partial charge in [0.25, 0.3) is 5.91 Å². The predicted molar refractivity (Wildman–Crippen MR) is 41.0 cm³/mol. The highest BCUT2D eigenvalue weighted by atomic mass is 16.1. The Balaban J connectivity index is 2.69. The Labute approximate surface area is 64.0 Å². The van der Waals surface area contributed by atoms with Gasteiger partial charge in [-0.2, -0.15) is 5.10 Å². The number of anilines is 1. The van der Waals surface area contributed by atoms with Crippen LogP contribution in [0.1, 0.15) is 17.4 Å². The van der Waals surface area contributed by atoms with Gasteiger partial charge in [0.1, 0.15) is 11.5 Å². The van der Waals surface area contributed by atoms with Crippen molar-refractivity contribution in [3.8, 4) is 0 Å². The molecular weight excluding hydrogens is 144 g/mol. The second kappa shape index (κ2) is 3.05. The fourth-order valence-electron chi connectivity index (χ4n) is 0.709. The summed E-state index contributed by atoms with van der Waals surface area (Å²) in [6.45, 7) is 2.44. The minimum atomic E-state index is -0.184. The van der Waals surface area contributed by atoms with Gasteiger partial charge >= 0.3 is 0 Å². The molecule has 0 unspecified atom stereocenters. The molecule has 0 atom stereocenters. The van der Waals surface area contributed by atoms with Gasteiger partial charge in [-0.25, -0.2) is 0 Å². The molecule has 4 N–H and O–H groups in total. The van der Waals surface area contributed by atoms with Crippen molar-refractivity contribution in [2.45, 2.75) is 6.92 Å². The molecule has 0 spiro atoms. The quantitative estimate of drug-likeness (QED) is 0.548. The average Bonchev–Trinajstić information content (AvgIpc) is 2.36. The van der Waals surface area contributed by atoms with Crippen molar-refractivity contribution in [1.82, 2.24) is 15.5 Å². The molecule has 5 nitrogen and oxygen atoms in total. The number of amides is 1. The first kappa shape index (κ1) is 7.59. The summed E-state index contributed by atoms with van der Waals surface area (Å²) in [6, 6.07) is 1.49. The predicted octanol–water partition coefficient (Wildman–Crippen LogP) is -0.258. The molecule has 0 aliphatic heterocycles. The number of aromatic nitrogens is 2. The van der Waals surface area contributed by atoms with Gasteiger partial charge in [-0.05, 0) is 6.92 Å². The molecule has 11 heavy (non-hydrogen) atoms. The van der Waals surface area contributed by atoms with E-state index in [1.54, 1.807) is 0 Å². The Kier molecular flexibility index (Phi) is 2.10. The van der Waals surface area contributed by atoms with Crippen LogP contribution in [0.15, 0.2) is 6.07 Å². The summed E-state index contributed by atoms with van der Waals surface area (Å²) in [6.07, 6.45) is 0. The number of hydrogen-bond donors (Lipinski definition) is 3. The summed E-state index contributed by atoms with van der Waals surface area (Å²) >= 11 is 0. The van der Waals surface area contributed by atoms with Crippen molar-refractivity contribution in [3.05, 3.63) is 11.8 Å². The van der Waals surface area contributed by atoms with Gasteiger partial charge in [0, 0.05) is 12.6 Å². The summed E-state index contributed by atoms with van der Waals surface area (Å²) in [4.78, 5) is 11.0. The number of hydrogen-bond acceptors (Lipinski definition) is 3. The van der Waals surface area contributed by atoms with Gasteiger partial charge in [-0.1, -0.05) is 0 Å². The Morgan fingerprint density at radius 3 is 3.09 bits per heavy atom. The van der Waals surface area contributed by atoms with E-state index in [9.17, 15) is 4.79 Å². The molecule has 1 rings (SSSR count). The first-order valence-corrected chi connectivity index (χ1v) is 3.33. The Bertz CT molecular complexity index is 255. The zero-order valence-electron chi connectivity index (χ0n) is 6.22. The lowest BCUT2D eigenvalue weighted by Crippen LogP contribution is -2.22. The summed E-state index contributed by atoms with van der Waals surface area (Å²) < 4.78 is 0. The average molecular weight is 154 g/mol. The van der Waals surface area contributed by atoms with E-state index in [1.807, 2.05) is 6.92 Å². The van der Waals surface area contributed by atoms with E-state index in [0.29, 0.717) is 18.1 Å². The van der Waals surface area contributed by atoms with Gasteiger partial charge in [0.05, 0.1) is 0 Å². The maximum atomic E-state index is 11.0. The lowest BCUT2D eigenvalue weighted by molar-refractivity contribution is 0.0951. The van der Waals surface area contributed by atoms with Crippen LogP contribution in [-0.4, -0.2) is 22.6 Å². The smallest absolute Gasteiger partial charge is 0.269 e. The van der Waals surface area contributed by atoms with Crippen LogP contribution in [0.3, 0.4) is 0 Å². The maximum Gasteiger partial charge on any atom is 0.269 e. The molecule has 0 aliphatic rings. The van der Waals surface area contributed by atoms with Crippen molar-refractivity contribution in [3.63, 3.8) is 0 Å². The standard InChI is InChI=1S/C6H10N4O/c1-2-8-6(11)4-3-5(7)10-9-4/h3H,2H2,1H3,(H,8,11)(H3,7,9,10). The summed E-state index contributed by atoms with van der Waals surface area (Å²) in [5, 5.41) is 8.72. The van der Waals surface area contributed by atoms with Crippen LogP contribution in [0.5, 0.6) is 0 Å². The topological polar surface area (TPSA) is 83.8 Å². The van der Waals surface area contributed by atoms with Crippen molar-refractivity contribution in [2.24, 2.45) is 0 Å². The summed E-state index contributed by atoms with van der Waals surface area (Å²) in [5.41, 5.74) is 5.68. The SMILES string of the molecule is CCNC(=O)c1cc(N)n[nH]1. The molecule has 60 valence electrons. The number of nitrogens with two attached hydrogens (primary N) is 1.